The summed E-state index contributed by atoms with van der Waals surface area (Å²) in [6.07, 6.45) is -0.237. The number of benzene rings is 4. The summed E-state index contributed by atoms with van der Waals surface area (Å²) < 4.78 is 17.9. The van der Waals surface area contributed by atoms with Crippen molar-refractivity contribution < 1.29 is 24.1 Å². The Hall–Kier alpha value is -4.73. The quantitative estimate of drug-likeness (QED) is 0.0622. The van der Waals surface area contributed by atoms with Crippen LogP contribution in [-0.2, 0) is 29.0 Å². The van der Waals surface area contributed by atoms with E-state index in [-0.39, 0.29) is 32.0 Å². The predicted octanol–water partition coefficient (Wildman–Crippen LogP) is 7.39. The van der Waals surface area contributed by atoms with Crippen molar-refractivity contribution in [2.45, 2.75) is 37.6 Å². The van der Waals surface area contributed by atoms with Gasteiger partial charge in [0.25, 0.3) is 5.91 Å². The number of halogens is 2. The molecule has 47 heavy (non-hydrogen) atoms. The molecule has 0 saturated carbocycles. The Labute approximate surface area is 282 Å². The van der Waals surface area contributed by atoms with Gasteiger partial charge in [-0.25, -0.2) is 4.99 Å². The molecular weight excluding hydrogens is 641 g/mol. The highest BCUT2D eigenvalue weighted by Gasteiger charge is 2.53. The maximum Gasteiger partial charge on any atom is 0.252 e. The number of aliphatic hydroxyl groups is 1. The average molecular weight is 675 g/mol. The molecule has 0 fully saturated rings. The van der Waals surface area contributed by atoms with Crippen molar-refractivity contribution >= 4 is 35.0 Å². The first-order chi connectivity index (χ1) is 22.9. The van der Waals surface area contributed by atoms with E-state index in [0.717, 1.165) is 11.1 Å². The Morgan fingerprint density at radius 1 is 1.02 bits per heavy atom. The fourth-order valence-electron chi connectivity index (χ4n) is 5.36. The Morgan fingerprint density at radius 3 is 2.53 bits per heavy atom. The molecule has 1 amide bonds. The fraction of sp³-hybridized carbons (Fsp3) is 0.257. The van der Waals surface area contributed by atoms with Crippen LogP contribution in [0.25, 0.3) is 10.4 Å². The summed E-state index contributed by atoms with van der Waals surface area (Å²) in [7, 11) is 1.57. The first-order valence-corrected chi connectivity index (χ1v) is 15.7. The molecule has 242 valence electrons. The monoisotopic (exact) mass is 673 g/mol. The number of hydrogen-bond donors (Lipinski definition) is 2. The standard InChI is InChI=1S/C35H33Cl2N5O5/c1-45-30-9-4-8-24(18-30)32-35(20-25-6-2-3-7-26(25)22-40-42-38,34(44)39-21-27-10-13-28(36)19-31(27)37)41-33(47-32)23-11-14-29(15-12-23)46-17-5-16-43/h2-4,6-15,18-19,32,43H,5,16-17,20-22H2,1H3,(H,39,44)/t32-,35-/m1/s1. The number of carbonyl (C=O) groups is 1. The maximum absolute atomic E-state index is 14.6. The van der Waals surface area contributed by atoms with Crippen LogP contribution in [-0.4, -0.2) is 42.8 Å². The lowest BCUT2D eigenvalue weighted by Gasteiger charge is -2.31. The molecule has 0 bridgehead atoms. The van der Waals surface area contributed by atoms with Gasteiger partial charge in [0.15, 0.2) is 11.6 Å². The van der Waals surface area contributed by atoms with Gasteiger partial charge in [-0.15, -0.1) is 0 Å². The normalized spacial score (nSPS) is 16.9. The second-order valence-electron chi connectivity index (χ2n) is 10.8. The first-order valence-electron chi connectivity index (χ1n) is 14.9. The van der Waals surface area contributed by atoms with Gasteiger partial charge in [0.05, 0.1) is 20.3 Å². The SMILES string of the molecule is COc1cccc([C@H]2OC(c3ccc(OCCCO)cc3)=N[C@@]2(Cc2ccccc2CN=[N+]=[N-])C(=O)NCc2ccc(Cl)cc2Cl)c1. The molecule has 1 aliphatic rings. The molecule has 12 heteroatoms. The summed E-state index contributed by atoms with van der Waals surface area (Å²) in [4.78, 5) is 22.7. The molecule has 2 N–H and O–H groups in total. The molecule has 0 spiro atoms. The number of nitrogens with zero attached hydrogens (tertiary/aromatic N) is 4. The number of methoxy groups -OCH3 is 1. The topological polar surface area (TPSA) is 138 Å². The molecule has 1 aliphatic heterocycles. The minimum absolute atomic E-state index is 0.0365. The molecular formula is C35H33Cl2N5O5. The van der Waals surface area contributed by atoms with Gasteiger partial charge in [0, 0.05) is 46.5 Å². The van der Waals surface area contributed by atoms with Gasteiger partial charge in [-0.1, -0.05) is 70.8 Å². The summed E-state index contributed by atoms with van der Waals surface area (Å²) in [5, 5.41) is 16.8. The number of aliphatic hydroxyl groups excluding tert-OH is 1. The summed E-state index contributed by atoms with van der Waals surface area (Å²) in [6, 6.07) is 27.1. The molecule has 1 heterocycles. The van der Waals surface area contributed by atoms with E-state index in [2.05, 4.69) is 15.3 Å². The molecule has 5 rings (SSSR count). The van der Waals surface area contributed by atoms with Crippen molar-refractivity contribution in [3.05, 3.63) is 139 Å². The lowest BCUT2D eigenvalue weighted by Crippen LogP contribution is -2.49. The zero-order valence-electron chi connectivity index (χ0n) is 25.6. The van der Waals surface area contributed by atoms with Crippen molar-refractivity contribution in [3.63, 3.8) is 0 Å². The Morgan fingerprint density at radius 2 is 1.81 bits per heavy atom. The maximum atomic E-state index is 14.6. The Balaban J connectivity index is 1.61. The number of aliphatic imine (C=N–C) groups is 1. The first kappa shape index (κ1) is 33.6. The van der Waals surface area contributed by atoms with Crippen molar-refractivity contribution in [2.24, 2.45) is 10.1 Å². The van der Waals surface area contributed by atoms with Gasteiger partial charge in [0.2, 0.25) is 5.90 Å². The van der Waals surface area contributed by atoms with Gasteiger partial charge in [-0.3, -0.25) is 4.79 Å². The van der Waals surface area contributed by atoms with Crippen LogP contribution in [0.3, 0.4) is 0 Å². The smallest absolute Gasteiger partial charge is 0.252 e. The van der Waals surface area contributed by atoms with E-state index in [4.69, 9.17) is 53.0 Å². The molecule has 0 unspecified atom stereocenters. The van der Waals surface area contributed by atoms with E-state index in [1.165, 1.54) is 0 Å². The van der Waals surface area contributed by atoms with Crippen molar-refractivity contribution in [1.29, 1.82) is 0 Å². The minimum atomic E-state index is -1.51. The Kier molecular flexibility index (Phi) is 11.2. The van der Waals surface area contributed by atoms with Crippen LogP contribution in [0.5, 0.6) is 11.5 Å². The lowest BCUT2D eigenvalue weighted by atomic mass is 9.80. The summed E-state index contributed by atoms with van der Waals surface area (Å²) in [5.41, 5.74) is 11.1. The molecule has 4 aromatic carbocycles. The number of ether oxygens (including phenoxy) is 3. The van der Waals surface area contributed by atoms with Gasteiger partial charge in [-0.05, 0) is 76.3 Å². The highest BCUT2D eigenvalue weighted by atomic mass is 35.5. The van der Waals surface area contributed by atoms with E-state index >= 15 is 0 Å². The van der Waals surface area contributed by atoms with Gasteiger partial charge in [0.1, 0.15) is 11.5 Å². The van der Waals surface area contributed by atoms with E-state index in [0.29, 0.717) is 51.3 Å². The Bertz CT molecular complexity index is 1800. The molecule has 0 radical (unpaired) electrons. The predicted molar refractivity (Wildman–Crippen MR) is 181 cm³/mol. The molecule has 10 nitrogen and oxygen atoms in total. The molecule has 0 aromatic heterocycles. The van der Waals surface area contributed by atoms with E-state index in [9.17, 15) is 4.79 Å². The van der Waals surface area contributed by atoms with Crippen molar-refractivity contribution in [3.8, 4) is 11.5 Å². The number of rotatable bonds is 14. The second-order valence-corrected chi connectivity index (χ2v) is 11.7. The van der Waals surface area contributed by atoms with Crippen LogP contribution in [0.15, 0.2) is 101 Å². The van der Waals surface area contributed by atoms with E-state index in [1.807, 2.05) is 60.7 Å². The van der Waals surface area contributed by atoms with Crippen LogP contribution in [0.2, 0.25) is 10.0 Å². The fourth-order valence-corrected chi connectivity index (χ4v) is 5.84. The third-order valence-electron chi connectivity index (χ3n) is 7.76. The lowest BCUT2D eigenvalue weighted by molar-refractivity contribution is -0.129. The number of hydrogen-bond acceptors (Lipinski definition) is 7. The zero-order chi connectivity index (χ0) is 33.2. The zero-order valence-corrected chi connectivity index (χ0v) is 27.1. The highest BCUT2D eigenvalue weighted by Crippen LogP contribution is 2.44. The third kappa shape index (κ3) is 7.99. The van der Waals surface area contributed by atoms with Gasteiger partial charge in [-0.2, -0.15) is 0 Å². The molecule has 0 saturated heterocycles. The van der Waals surface area contributed by atoms with Crippen LogP contribution in [0.1, 0.15) is 40.3 Å². The van der Waals surface area contributed by atoms with Crippen LogP contribution < -0.4 is 14.8 Å². The van der Waals surface area contributed by atoms with E-state index in [1.54, 1.807) is 37.4 Å². The number of azide groups is 1. The van der Waals surface area contributed by atoms with Crippen molar-refractivity contribution in [2.75, 3.05) is 20.3 Å². The number of nitrogens with one attached hydrogen (secondary N) is 1. The van der Waals surface area contributed by atoms with Crippen LogP contribution in [0.4, 0.5) is 0 Å². The van der Waals surface area contributed by atoms with Gasteiger partial charge < -0.3 is 24.6 Å². The second kappa shape index (κ2) is 15.7. The highest BCUT2D eigenvalue weighted by molar-refractivity contribution is 6.35. The van der Waals surface area contributed by atoms with Gasteiger partial charge >= 0.3 is 0 Å². The van der Waals surface area contributed by atoms with Crippen LogP contribution in [0, 0.1) is 0 Å². The van der Waals surface area contributed by atoms with E-state index < -0.39 is 17.6 Å². The van der Waals surface area contributed by atoms with Crippen molar-refractivity contribution in [1.82, 2.24) is 5.32 Å². The number of amides is 1. The molecule has 2 atom stereocenters. The largest absolute Gasteiger partial charge is 0.497 e. The summed E-state index contributed by atoms with van der Waals surface area (Å²) in [5.74, 6) is 1.09. The number of carbonyl (C=O) groups excluding carboxylic acids is 1. The molecule has 0 aliphatic carbocycles. The molecule has 4 aromatic rings. The summed E-state index contributed by atoms with van der Waals surface area (Å²) in [6.45, 7) is 0.631. The third-order valence-corrected chi connectivity index (χ3v) is 8.35. The summed E-state index contributed by atoms with van der Waals surface area (Å²) >= 11 is 12.6. The average Bonchev–Trinajstić information content (AvgIpc) is 3.48. The minimum Gasteiger partial charge on any atom is -0.497 e. The van der Waals surface area contributed by atoms with Crippen LogP contribution >= 0.6 is 23.2 Å².